The van der Waals surface area contributed by atoms with Crippen molar-refractivity contribution in [2.24, 2.45) is 5.73 Å². The summed E-state index contributed by atoms with van der Waals surface area (Å²) >= 11 is 7.45. The van der Waals surface area contributed by atoms with E-state index in [1.165, 1.54) is 24.2 Å². The van der Waals surface area contributed by atoms with Crippen LogP contribution in [0, 0.1) is 0 Å². The van der Waals surface area contributed by atoms with Crippen molar-refractivity contribution in [2.45, 2.75) is 25.0 Å². The van der Waals surface area contributed by atoms with Crippen LogP contribution in [-0.2, 0) is 0 Å². The summed E-state index contributed by atoms with van der Waals surface area (Å²) in [6.07, 6.45) is 2.78. The van der Waals surface area contributed by atoms with Crippen LogP contribution in [0.1, 0.15) is 29.3 Å². The lowest BCUT2D eigenvalue weighted by molar-refractivity contribution is 0.303. The van der Waals surface area contributed by atoms with Gasteiger partial charge in [0.25, 0.3) is 0 Å². The molecule has 2 nitrogen and oxygen atoms in total. The molecule has 1 unspecified atom stereocenters. The molecule has 1 aromatic heterocycles. The molecule has 2 N–H and O–H groups in total. The Bertz CT molecular complexity index is 533. The third-order valence-corrected chi connectivity index (χ3v) is 4.28. The first-order chi connectivity index (χ1) is 8.72. The van der Waals surface area contributed by atoms with Crippen LogP contribution in [0.15, 0.2) is 36.4 Å². The van der Waals surface area contributed by atoms with E-state index >= 15 is 0 Å². The smallest absolute Gasteiger partial charge is 0.119 e. The van der Waals surface area contributed by atoms with E-state index in [1.54, 1.807) is 0 Å². The van der Waals surface area contributed by atoms with E-state index in [0.717, 1.165) is 20.5 Å². The van der Waals surface area contributed by atoms with Crippen LogP contribution in [0.4, 0.5) is 0 Å². The van der Waals surface area contributed by atoms with Gasteiger partial charge >= 0.3 is 0 Å². The second kappa shape index (κ2) is 4.92. The van der Waals surface area contributed by atoms with Gasteiger partial charge in [-0.15, -0.1) is 11.3 Å². The Hall–Kier alpha value is -1.03. The van der Waals surface area contributed by atoms with Crippen molar-refractivity contribution >= 4 is 22.9 Å². The molecule has 2 aromatic rings. The first-order valence-electron chi connectivity index (χ1n) is 6.00. The van der Waals surface area contributed by atoms with E-state index in [4.69, 9.17) is 22.1 Å². The molecule has 1 atom stereocenters. The van der Waals surface area contributed by atoms with Gasteiger partial charge in [-0.2, -0.15) is 0 Å². The van der Waals surface area contributed by atoms with Crippen molar-refractivity contribution in [2.75, 3.05) is 0 Å². The molecule has 3 rings (SSSR count). The zero-order valence-corrected chi connectivity index (χ0v) is 11.4. The van der Waals surface area contributed by atoms with E-state index in [2.05, 4.69) is 0 Å². The summed E-state index contributed by atoms with van der Waals surface area (Å²) in [5.41, 5.74) is 7.28. The monoisotopic (exact) mass is 279 g/mol. The van der Waals surface area contributed by atoms with Crippen LogP contribution in [0.5, 0.6) is 5.75 Å². The van der Waals surface area contributed by atoms with Gasteiger partial charge in [-0.25, -0.2) is 0 Å². The van der Waals surface area contributed by atoms with Crippen LogP contribution in [-0.4, -0.2) is 6.10 Å². The maximum atomic E-state index is 6.20. The van der Waals surface area contributed by atoms with Crippen molar-refractivity contribution in [3.63, 3.8) is 0 Å². The summed E-state index contributed by atoms with van der Waals surface area (Å²) in [6, 6.07) is 11.8. The summed E-state index contributed by atoms with van der Waals surface area (Å²) in [5.74, 6) is 0.928. The number of hydrogen-bond acceptors (Lipinski definition) is 3. The van der Waals surface area contributed by atoms with Crippen molar-refractivity contribution in [1.82, 2.24) is 0 Å². The van der Waals surface area contributed by atoms with Gasteiger partial charge in [-0.3, -0.25) is 0 Å². The summed E-state index contributed by atoms with van der Waals surface area (Å²) in [6.45, 7) is 0. The first kappa shape index (κ1) is 12.0. The summed E-state index contributed by atoms with van der Waals surface area (Å²) in [7, 11) is 0. The minimum atomic E-state index is -0.113. The van der Waals surface area contributed by atoms with Crippen LogP contribution in [0.3, 0.4) is 0 Å². The molecule has 4 heteroatoms. The number of benzene rings is 1. The maximum absolute atomic E-state index is 6.20. The third-order valence-electron chi connectivity index (χ3n) is 2.97. The fourth-order valence-electron chi connectivity index (χ4n) is 1.79. The Labute approximate surface area is 115 Å². The number of thiophene rings is 1. The molecule has 1 aliphatic carbocycles. The second-order valence-corrected chi connectivity index (χ2v) is 6.25. The Morgan fingerprint density at radius 1 is 1.17 bits per heavy atom. The standard InChI is InChI=1S/C14H14ClNOS/c15-13-8-7-12(18-13)14(16)9-1-3-10(4-2-9)17-11-5-6-11/h1-4,7-8,11,14H,5-6,16H2. The van der Waals surface area contributed by atoms with E-state index in [0.29, 0.717) is 6.10 Å². The zero-order valence-electron chi connectivity index (χ0n) is 9.80. The quantitative estimate of drug-likeness (QED) is 0.918. The first-order valence-corrected chi connectivity index (χ1v) is 7.19. The van der Waals surface area contributed by atoms with Crippen LogP contribution < -0.4 is 10.5 Å². The highest BCUT2D eigenvalue weighted by Crippen LogP contribution is 2.31. The number of nitrogens with two attached hydrogens (primary N) is 1. The van der Waals surface area contributed by atoms with Crippen molar-refractivity contribution in [1.29, 1.82) is 0 Å². The van der Waals surface area contributed by atoms with Crippen molar-refractivity contribution < 1.29 is 4.74 Å². The van der Waals surface area contributed by atoms with Gasteiger partial charge < -0.3 is 10.5 Å². The Balaban J connectivity index is 1.74. The van der Waals surface area contributed by atoms with Gasteiger partial charge in [-0.05, 0) is 42.7 Å². The molecule has 18 heavy (non-hydrogen) atoms. The molecular formula is C14H14ClNOS. The van der Waals surface area contributed by atoms with E-state index in [1.807, 2.05) is 36.4 Å². The minimum Gasteiger partial charge on any atom is -0.490 e. The van der Waals surface area contributed by atoms with Gasteiger partial charge in [0.15, 0.2) is 0 Å². The van der Waals surface area contributed by atoms with E-state index < -0.39 is 0 Å². The average molecular weight is 280 g/mol. The molecule has 1 aromatic carbocycles. The SMILES string of the molecule is NC(c1ccc(OC2CC2)cc1)c1ccc(Cl)s1. The Morgan fingerprint density at radius 3 is 2.44 bits per heavy atom. The normalized spacial score (nSPS) is 16.6. The summed E-state index contributed by atoms with van der Waals surface area (Å²) in [5, 5.41) is 0. The third kappa shape index (κ3) is 2.69. The van der Waals surface area contributed by atoms with Crippen molar-refractivity contribution in [3.8, 4) is 5.75 Å². The Morgan fingerprint density at radius 2 is 1.89 bits per heavy atom. The lowest BCUT2D eigenvalue weighted by Crippen LogP contribution is -2.10. The van der Waals surface area contributed by atoms with Crippen LogP contribution in [0.25, 0.3) is 0 Å². The molecule has 1 fully saturated rings. The molecule has 0 spiro atoms. The molecule has 0 saturated heterocycles. The highest BCUT2D eigenvalue weighted by atomic mass is 35.5. The van der Waals surface area contributed by atoms with Crippen LogP contribution in [0.2, 0.25) is 4.34 Å². The molecule has 0 aliphatic heterocycles. The molecule has 94 valence electrons. The number of rotatable bonds is 4. The highest BCUT2D eigenvalue weighted by molar-refractivity contribution is 7.16. The van der Waals surface area contributed by atoms with Crippen LogP contribution >= 0.6 is 22.9 Å². The van der Waals surface area contributed by atoms with Crippen molar-refractivity contribution in [3.05, 3.63) is 51.2 Å². The molecule has 1 aliphatic rings. The summed E-state index contributed by atoms with van der Waals surface area (Å²) in [4.78, 5) is 1.08. The second-order valence-electron chi connectivity index (χ2n) is 4.51. The largest absolute Gasteiger partial charge is 0.490 e. The number of halogens is 1. The molecule has 1 saturated carbocycles. The zero-order chi connectivity index (χ0) is 12.5. The average Bonchev–Trinajstić information content (AvgIpc) is 3.09. The highest BCUT2D eigenvalue weighted by Gasteiger charge is 2.23. The topological polar surface area (TPSA) is 35.2 Å². The van der Waals surface area contributed by atoms with E-state index in [9.17, 15) is 0 Å². The Kier molecular flexibility index (Phi) is 3.29. The predicted molar refractivity (Wildman–Crippen MR) is 75.5 cm³/mol. The van der Waals surface area contributed by atoms with Gasteiger partial charge in [0, 0.05) is 4.88 Å². The molecule has 1 heterocycles. The van der Waals surface area contributed by atoms with E-state index in [-0.39, 0.29) is 6.04 Å². The number of hydrogen-bond donors (Lipinski definition) is 1. The predicted octanol–water partition coefficient (Wildman–Crippen LogP) is 3.99. The molecule has 0 bridgehead atoms. The maximum Gasteiger partial charge on any atom is 0.119 e. The lowest BCUT2D eigenvalue weighted by Gasteiger charge is -2.11. The molecule has 0 amide bonds. The molecular weight excluding hydrogens is 266 g/mol. The summed E-state index contributed by atoms with van der Waals surface area (Å²) < 4.78 is 6.48. The lowest BCUT2D eigenvalue weighted by atomic mass is 10.1. The van der Waals surface area contributed by atoms with Gasteiger partial charge in [0.1, 0.15) is 5.75 Å². The fourth-order valence-corrected chi connectivity index (χ4v) is 2.88. The van der Waals surface area contributed by atoms with Gasteiger partial charge in [0.05, 0.1) is 16.5 Å². The van der Waals surface area contributed by atoms with Gasteiger partial charge in [0.2, 0.25) is 0 Å². The molecule has 0 radical (unpaired) electrons. The van der Waals surface area contributed by atoms with Gasteiger partial charge in [-0.1, -0.05) is 23.7 Å². The minimum absolute atomic E-state index is 0.113. The number of ether oxygens (including phenoxy) is 1. The fraction of sp³-hybridized carbons (Fsp3) is 0.286.